The minimum Gasteiger partial charge on any atom is -0.493 e. The molecule has 5 nitrogen and oxygen atoms in total. The van der Waals surface area contributed by atoms with Gasteiger partial charge in [-0.15, -0.1) is 0 Å². The molecule has 0 saturated heterocycles. The van der Waals surface area contributed by atoms with E-state index in [-0.39, 0.29) is 11.9 Å². The number of rotatable bonds is 6. The molecule has 1 amide bonds. The Bertz CT molecular complexity index is 866. The minimum absolute atomic E-state index is 0.00413. The molecule has 4 rings (SSSR count). The Morgan fingerprint density at radius 1 is 1.37 bits per heavy atom. The quantitative estimate of drug-likeness (QED) is 0.517. The molecule has 1 unspecified atom stereocenters. The van der Waals surface area contributed by atoms with Crippen LogP contribution in [0.2, 0.25) is 0 Å². The summed E-state index contributed by atoms with van der Waals surface area (Å²) in [5.74, 6) is 1.24. The number of ether oxygens (including phenoxy) is 2. The number of benzene rings is 1. The predicted molar refractivity (Wildman–Crippen MR) is 112 cm³/mol. The van der Waals surface area contributed by atoms with Crippen LogP contribution >= 0.6 is 27.3 Å². The number of anilines is 1. The van der Waals surface area contributed by atoms with Crippen molar-refractivity contribution in [3.8, 4) is 11.5 Å². The molecule has 1 aromatic heterocycles. The first-order chi connectivity index (χ1) is 13.2. The SMILES string of the molecule is COc1cc2c(cc1OCCCBr)NCC1CC(c3ccsc3)=CN1C2=O. The highest BCUT2D eigenvalue weighted by molar-refractivity contribution is 9.09. The third-order valence-corrected chi connectivity index (χ3v) is 6.11. The molecule has 1 aromatic carbocycles. The van der Waals surface area contributed by atoms with Gasteiger partial charge in [-0.1, -0.05) is 15.9 Å². The number of thiophene rings is 1. The summed E-state index contributed by atoms with van der Waals surface area (Å²) in [5.41, 5.74) is 3.83. The van der Waals surface area contributed by atoms with Crippen molar-refractivity contribution in [1.82, 2.24) is 4.90 Å². The molecule has 27 heavy (non-hydrogen) atoms. The highest BCUT2D eigenvalue weighted by Crippen LogP contribution is 2.39. The molecule has 0 radical (unpaired) electrons. The third-order valence-electron chi connectivity index (χ3n) is 4.87. The number of amides is 1. The number of nitrogens with one attached hydrogen (secondary N) is 1. The van der Waals surface area contributed by atoms with Crippen LogP contribution < -0.4 is 14.8 Å². The Kier molecular flexibility index (Phi) is 5.41. The monoisotopic (exact) mass is 448 g/mol. The molecule has 0 bridgehead atoms. The van der Waals surface area contributed by atoms with Gasteiger partial charge in [0.05, 0.1) is 31.0 Å². The van der Waals surface area contributed by atoms with Crippen LogP contribution in [0.25, 0.3) is 5.57 Å². The topological polar surface area (TPSA) is 50.8 Å². The van der Waals surface area contributed by atoms with Gasteiger partial charge in [0.25, 0.3) is 5.91 Å². The Morgan fingerprint density at radius 2 is 2.26 bits per heavy atom. The largest absolute Gasteiger partial charge is 0.493 e. The van der Waals surface area contributed by atoms with E-state index in [1.54, 1.807) is 24.5 Å². The summed E-state index contributed by atoms with van der Waals surface area (Å²) < 4.78 is 11.3. The number of fused-ring (bicyclic) bond motifs is 2. The lowest BCUT2D eigenvalue weighted by Crippen LogP contribution is -2.34. The first-order valence-corrected chi connectivity index (χ1v) is 11.0. The number of carbonyl (C=O) groups is 1. The maximum absolute atomic E-state index is 13.2. The number of nitrogens with zero attached hydrogens (tertiary/aromatic N) is 1. The fourth-order valence-corrected chi connectivity index (χ4v) is 4.38. The van der Waals surface area contributed by atoms with E-state index in [1.165, 1.54) is 11.1 Å². The van der Waals surface area contributed by atoms with E-state index in [9.17, 15) is 4.79 Å². The molecular formula is C20H21BrN2O3S. The van der Waals surface area contributed by atoms with Gasteiger partial charge in [-0.25, -0.2) is 0 Å². The standard InChI is InChI=1S/C20H21BrN2O3S/c1-25-18-8-16-17(9-19(18)26-5-2-4-21)22-10-15-7-14(11-23(15)20(16)24)13-3-6-27-12-13/h3,6,8-9,11-12,15,22H,2,4-5,7,10H2,1H3. The molecule has 3 heterocycles. The Morgan fingerprint density at radius 3 is 3.00 bits per heavy atom. The minimum atomic E-state index is -0.00413. The number of methoxy groups -OCH3 is 1. The lowest BCUT2D eigenvalue weighted by molar-refractivity contribution is 0.0796. The van der Waals surface area contributed by atoms with Gasteiger partial charge in [0.15, 0.2) is 11.5 Å². The Labute approximate surface area is 171 Å². The summed E-state index contributed by atoms with van der Waals surface area (Å²) in [7, 11) is 1.60. The van der Waals surface area contributed by atoms with Crippen molar-refractivity contribution in [3.63, 3.8) is 0 Å². The van der Waals surface area contributed by atoms with E-state index < -0.39 is 0 Å². The molecule has 7 heteroatoms. The second-order valence-electron chi connectivity index (χ2n) is 6.56. The number of alkyl halides is 1. The van der Waals surface area contributed by atoms with E-state index >= 15 is 0 Å². The zero-order valence-electron chi connectivity index (χ0n) is 15.0. The third kappa shape index (κ3) is 3.58. The molecule has 0 saturated carbocycles. The molecule has 0 spiro atoms. The number of carbonyl (C=O) groups excluding carboxylic acids is 1. The highest BCUT2D eigenvalue weighted by atomic mass is 79.9. The zero-order valence-corrected chi connectivity index (χ0v) is 17.4. The van der Waals surface area contributed by atoms with Crippen LogP contribution in [-0.2, 0) is 0 Å². The maximum atomic E-state index is 13.2. The Hall–Kier alpha value is -1.99. The predicted octanol–water partition coefficient (Wildman–Crippen LogP) is 4.60. The van der Waals surface area contributed by atoms with Gasteiger partial charge in [-0.3, -0.25) is 4.79 Å². The van der Waals surface area contributed by atoms with Crippen LogP contribution in [0.3, 0.4) is 0 Å². The van der Waals surface area contributed by atoms with Crippen molar-refractivity contribution in [2.24, 2.45) is 0 Å². The van der Waals surface area contributed by atoms with Gasteiger partial charge in [-0.2, -0.15) is 11.3 Å². The fourth-order valence-electron chi connectivity index (χ4n) is 3.47. The first kappa shape index (κ1) is 18.4. The van der Waals surface area contributed by atoms with Crippen LogP contribution in [0.1, 0.15) is 28.8 Å². The molecule has 2 aliphatic heterocycles. The van der Waals surface area contributed by atoms with Crippen LogP contribution in [0.5, 0.6) is 11.5 Å². The summed E-state index contributed by atoms with van der Waals surface area (Å²) in [4.78, 5) is 15.1. The maximum Gasteiger partial charge on any atom is 0.260 e. The van der Waals surface area contributed by atoms with Crippen molar-refractivity contribution in [1.29, 1.82) is 0 Å². The molecule has 2 aromatic rings. The lowest BCUT2D eigenvalue weighted by atomic mass is 10.1. The van der Waals surface area contributed by atoms with Gasteiger partial charge < -0.3 is 19.7 Å². The van der Waals surface area contributed by atoms with Crippen LogP contribution in [0.4, 0.5) is 5.69 Å². The summed E-state index contributed by atoms with van der Waals surface area (Å²) in [6.07, 6.45) is 3.76. The molecule has 0 aliphatic carbocycles. The van der Waals surface area contributed by atoms with Crippen molar-refractivity contribution in [2.75, 3.05) is 30.9 Å². The lowest BCUT2D eigenvalue weighted by Gasteiger charge is -2.20. The highest BCUT2D eigenvalue weighted by Gasteiger charge is 2.34. The molecule has 1 N–H and O–H groups in total. The van der Waals surface area contributed by atoms with Gasteiger partial charge in [0.2, 0.25) is 0 Å². The van der Waals surface area contributed by atoms with E-state index in [0.717, 1.165) is 23.9 Å². The number of halogens is 1. The summed E-state index contributed by atoms with van der Waals surface area (Å²) in [6.45, 7) is 1.30. The normalized spacial score (nSPS) is 18.3. The molecule has 142 valence electrons. The molecule has 2 aliphatic rings. The van der Waals surface area contributed by atoms with Crippen LogP contribution in [0, 0.1) is 0 Å². The fraction of sp³-hybridized carbons (Fsp3) is 0.350. The smallest absolute Gasteiger partial charge is 0.260 e. The molecular weight excluding hydrogens is 428 g/mol. The van der Waals surface area contributed by atoms with Crippen molar-refractivity contribution in [3.05, 3.63) is 46.3 Å². The second-order valence-corrected chi connectivity index (χ2v) is 8.13. The Balaban J connectivity index is 1.64. The van der Waals surface area contributed by atoms with E-state index in [1.807, 2.05) is 17.2 Å². The average Bonchev–Trinajstić information content (AvgIpc) is 3.33. The van der Waals surface area contributed by atoms with Crippen molar-refractivity contribution in [2.45, 2.75) is 18.9 Å². The second kappa shape index (κ2) is 7.94. The van der Waals surface area contributed by atoms with E-state index in [0.29, 0.717) is 30.2 Å². The summed E-state index contributed by atoms with van der Waals surface area (Å²) >= 11 is 5.08. The molecule has 1 atom stereocenters. The van der Waals surface area contributed by atoms with E-state index in [2.05, 4.69) is 38.1 Å². The van der Waals surface area contributed by atoms with Gasteiger partial charge in [-0.05, 0) is 46.9 Å². The van der Waals surface area contributed by atoms with Gasteiger partial charge in [0, 0.05) is 24.1 Å². The first-order valence-electron chi connectivity index (χ1n) is 8.92. The average molecular weight is 449 g/mol. The number of hydrogen-bond donors (Lipinski definition) is 1. The van der Waals surface area contributed by atoms with Crippen LogP contribution in [0.15, 0.2) is 35.2 Å². The summed E-state index contributed by atoms with van der Waals surface area (Å²) in [5, 5.41) is 8.51. The zero-order chi connectivity index (χ0) is 18.8. The number of hydrogen-bond acceptors (Lipinski definition) is 5. The van der Waals surface area contributed by atoms with Crippen LogP contribution in [-0.4, -0.2) is 42.4 Å². The molecule has 0 fully saturated rings. The van der Waals surface area contributed by atoms with E-state index in [4.69, 9.17) is 9.47 Å². The summed E-state index contributed by atoms with van der Waals surface area (Å²) in [6, 6.07) is 5.89. The van der Waals surface area contributed by atoms with Gasteiger partial charge in [0.1, 0.15) is 0 Å². The van der Waals surface area contributed by atoms with Crippen molar-refractivity contribution >= 4 is 44.4 Å². The van der Waals surface area contributed by atoms with Crippen molar-refractivity contribution < 1.29 is 14.3 Å². The van der Waals surface area contributed by atoms with Gasteiger partial charge >= 0.3 is 0 Å².